The molecule has 0 unspecified atom stereocenters. The second kappa shape index (κ2) is 7.09. The molecule has 1 aliphatic carbocycles. The number of nitrogens with zero attached hydrogens (tertiary/aromatic N) is 2. The predicted molar refractivity (Wildman–Crippen MR) is 103 cm³/mol. The van der Waals surface area contributed by atoms with Gasteiger partial charge in [-0.2, -0.15) is 0 Å². The molecule has 1 aromatic carbocycles. The maximum Gasteiger partial charge on any atom is 0.138 e. The summed E-state index contributed by atoms with van der Waals surface area (Å²) in [6, 6.07) is 11.7. The molecule has 0 bridgehead atoms. The Morgan fingerprint density at radius 3 is 2.73 bits per heavy atom. The summed E-state index contributed by atoms with van der Waals surface area (Å²) < 4.78 is 11.3. The maximum absolute atomic E-state index is 6.02. The van der Waals surface area contributed by atoms with Gasteiger partial charge in [0.15, 0.2) is 0 Å². The standard InChI is InChI=1S/C20H20ClN3O2/c1-25-12-20(7-8-20)13-26-16-3-4-17-14(10-16)6-9-22-19(17)24-15-2-5-18(21)23-11-15/h2-6,9-11H,7-8,12-13H2,1H3,(H,22,24). The molecule has 1 saturated carbocycles. The van der Waals surface area contributed by atoms with Gasteiger partial charge in [-0.25, -0.2) is 9.97 Å². The van der Waals surface area contributed by atoms with E-state index in [-0.39, 0.29) is 5.41 Å². The Hall–Kier alpha value is -2.37. The van der Waals surface area contributed by atoms with Gasteiger partial charge in [0.05, 0.1) is 25.1 Å². The first-order valence-corrected chi connectivity index (χ1v) is 8.94. The number of hydrogen-bond acceptors (Lipinski definition) is 5. The topological polar surface area (TPSA) is 56.3 Å². The maximum atomic E-state index is 6.02. The normalized spacial score (nSPS) is 15.0. The lowest BCUT2D eigenvalue weighted by molar-refractivity contribution is 0.104. The van der Waals surface area contributed by atoms with Crippen LogP contribution in [-0.4, -0.2) is 30.3 Å². The highest BCUT2D eigenvalue weighted by Crippen LogP contribution is 2.46. The number of pyridine rings is 2. The quantitative estimate of drug-likeness (QED) is 0.604. The van der Waals surface area contributed by atoms with Gasteiger partial charge in [-0.1, -0.05) is 11.6 Å². The van der Waals surface area contributed by atoms with E-state index >= 15 is 0 Å². The third-order valence-corrected chi connectivity index (χ3v) is 4.90. The molecule has 4 rings (SSSR count). The first-order valence-electron chi connectivity index (χ1n) is 8.57. The molecule has 0 amide bonds. The van der Waals surface area contributed by atoms with Gasteiger partial charge in [0.1, 0.15) is 16.7 Å². The number of nitrogens with one attached hydrogen (secondary N) is 1. The molecule has 26 heavy (non-hydrogen) atoms. The average molecular weight is 370 g/mol. The van der Waals surface area contributed by atoms with Crippen LogP contribution < -0.4 is 10.1 Å². The second-order valence-electron chi connectivity index (χ2n) is 6.76. The molecule has 0 atom stereocenters. The number of methoxy groups -OCH3 is 1. The number of anilines is 2. The van der Waals surface area contributed by atoms with Crippen molar-refractivity contribution >= 4 is 33.9 Å². The van der Waals surface area contributed by atoms with Crippen molar-refractivity contribution in [2.75, 3.05) is 25.6 Å². The van der Waals surface area contributed by atoms with Gasteiger partial charge in [-0.3, -0.25) is 0 Å². The fourth-order valence-corrected chi connectivity index (χ4v) is 3.09. The van der Waals surface area contributed by atoms with Crippen molar-refractivity contribution in [2.45, 2.75) is 12.8 Å². The summed E-state index contributed by atoms with van der Waals surface area (Å²) >= 11 is 5.84. The van der Waals surface area contributed by atoms with Gasteiger partial charge >= 0.3 is 0 Å². The van der Waals surface area contributed by atoms with Crippen molar-refractivity contribution in [3.63, 3.8) is 0 Å². The largest absolute Gasteiger partial charge is 0.493 e. The van der Waals surface area contributed by atoms with E-state index in [1.807, 2.05) is 30.3 Å². The van der Waals surface area contributed by atoms with Gasteiger partial charge in [0.2, 0.25) is 0 Å². The van der Waals surface area contributed by atoms with E-state index in [1.165, 1.54) is 12.8 Å². The Morgan fingerprint density at radius 2 is 2.00 bits per heavy atom. The van der Waals surface area contributed by atoms with E-state index in [1.54, 1.807) is 25.6 Å². The summed E-state index contributed by atoms with van der Waals surface area (Å²) in [4.78, 5) is 8.53. The molecule has 134 valence electrons. The van der Waals surface area contributed by atoms with E-state index in [9.17, 15) is 0 Å². The molecule has 5 nitrogen and oxygen atoms in total. The molecule has 1 fully saturated rings. The summed E-state index contributed by atoms with van der Waals surface area (Å²) in [5.41, 5.74) is 1.04. The zero-order valence-corrected chi connectivity index (χ0v) is 15.3. The summed E-state index contributed by atoms with van der Waals surface area (Å²) in [5, 5.41) is 5.84. The molecule has 0 aliphatic heterocycles. The molecule has 6 heteroatoms. The SMILES string of the molecule is COCC1(COc2ccc3c(Nc4ccc(Cl)nc4)nccc3c2)CC1. The zero-order chi connectivity index (χ0) is 18.0. The highest BCUT2D eigenvalue weighted by atomic mass is 35.5. The minimum atomic E-state index is 0.205. The van der Waals surface area contributed by atoms with Gasteiger partial charge < -0.3 is 14.8 Å². The average Bonchev–Trinajstić information content (AvgIpc) is 3.42. The molecule has 2 aromatic heterocycles. The van der Waals surface area contributed by atoms with Crippen LogP contribution in [0.25, 0.3) is 10.8 Å². The minimum absolute atomic E-state index is 0.205. The van der Waals surface area contributed by atoms with E-state index < -0.39 is 0 Å². The third kappa shape index (κ3) is 3.74. The van der Waals surface area contributed by atoms with Gasteiger partial charge in [-0.15, -0.1) is 0 Å². The summed E-state index contributed by atoms with van der Waals surface area (Å²) in [7, 11) is 1.74. The number of rotatable bonds is 7. The van der Waals surface area contributed by atoms with Crippen molar-refractivity contribution in [2.24, 2.45) is 5.41 Å². The van der Waals surface area contributed by atoms with Gasteiger partial charge in [0.25, 0.3) is 0 Å². The molecule has 0 saturated heterocycles. The zero-order valence-electron chi connectivity index (χ0n) is 14.5. The van der Waals surface area contributed by atoms with Crippen LogP contribution in [0.4, 0.5) is 11.5 Å². The lowest BCUT2D eigenvalue weighted by Gasteiger charge is -2.16. The Kier molecular flexibility index (Phi) is 4.66. The second-order valence-corrected chi connectivity index (χ2v) is 7.15. The monoisotopic (exact) mass is 369 g/mol. The number of aromatic nitrogens is 2. The van der Waals surface area contributed by atoms with Crippen LogP contribution in [0.15, 0.2) is 48.8 Å². The highest BCUT2D eigenvalue weighted by Gasteiger charge is 2.43. The summed E-state index contributed by atoms with van der Waals surface area (Å²) in [6.45, 7) is 1.45. The Balaban J connectivity index is 1.52. The Labute approximate surface area is 157 Å². The van der Waals surface area contributed by atoms with E-state index in [2.05, 4.69) is 15.3 Å². The third-order valence-electron chi connectivity index (χ3n) is 4.68. The Bertz CT molecular complexity index is 911. The van der Waals surface area contributed by atoms with Crippen molar-refractivity contribution < 1.29 is 9.47 Å². The van der Waals surface area contributed by atoms with Gasteiger partial charge in [0, 0.05) is 24.1 Å². The van der Waals surface area contributed by atoms with Crippen LogP contribution in [0.2, 0.25) is 5.15 Å². The van der Waals surface area contributed by atoms with Crippen LogP contribution in [0.3, 0.4) is 0 Å². The van der Waals surface area contributed by atoms with Crippen LogP contribution >= 0.6 is 11.6 Å². The fourth-order valence-electron chi connectivity index (χ4n) is 2.98. The van der Waals surface area contributed by atoms with E-state index in [0.29, 0.717) is 11.8 Å². The number of ether oxygens (including phenoxy) is 2. The smallest absolute Gasteiger partial charge is 0.138 e. The van der Waals surface area contributed by atoms with Crippen molar-refractivity contribution in [1.82, 2.24) is 9.97 Å². The lowest BCUT2D eigenvalue weighted by Crippen LogP contribution is -2.18. The van der Waals surface area contributed by atoms with Crippen molar-refractivity contribution in [1.29, 1.82) is 0 Å². The minimum Gasteiger partial charge on any atom is -0.493 e. The van der Waals surface area contributed by atoms with Crippen LogP contribution in [0, 0.1) is 5.41 Å². The van der Waals surface area contributed by atoms with Crippen LogP contribution in [0.5, 0.6) is 5.75 Å². The van der Waals surface area contributed by atoms with Crippen LogP contribution in [0.1, 0.15) is 12.8 Å². The molecular formula is C20H20ClN3O2. The molecular weight excluding hydrogens is 350 g/mol. The van der Waals surface area contributed by atoms with E-state index in [4.69, 9.17) is 21.1 Å². The predicted octanol–water partition coefficient (Wildman–Crippen LogP) is 4.83. The molecule has 2 heterocycles. The van der Waals surface area contributed by atoms with Crippen molar-refractivity contribution in [3.8, 4) is 5.75 Å². The summed E-state index contributed by atoms with van der Waals surface area (Å²) in [6.07, 6.45) is 5.80. The number of fused-ring (bicyclic) bond motifs is 1. The van der Waals surface area contributed by atoms with Crippen molar-refractivity contribution in [3.05, 3.63) is 53.9 Å². The first-order chi connectivity index (χ1) is 12.7. The number of halogens is 1. The fraction of sp³-hybridized carbons (Fsp3) is 0.300. The lowest BCUT2D eigenvalue weighted by atomic mass is 10.1. The first kappa shape index (κ1) is 17.1. The molecule has 3 aromatic rings. The molecule has 1 aliphatic rings. The highest BCUT2D eigenvalue weighted by molar-refractivity contribution is 6.29. The molecule has 0 radical (unpaired) electrons. The number of benzene rings is 1. The number of hydrogen-bond donors (Lipinski definition) is 1. The van der Waals surface area contributed by atoms with Crippen LogP contribution in [-0.2, 0) is 4.74 Å². The summed E-state index contributed by atoms with van der Waals surface area (Å²) in [5.74, 6) is 1.64. The molecule has 0 spiro atoms. The Morgan fingerprint density at radius 1 is 1.12 bits per heavy atom. The van der Waals surface area contributed by atoms with Gasteiger partial charge in [-0.05, 0) is 54.6 Å². The molecule has 1 N–H and O–H groups in total. The van der Waals surface area contributed by atoms with E-state index in [0.717, 1.165) is 34.6 Å².